The minimum atomic E-state index is 0.775. The summed E-state index contributed by atoms with van der Waals surface area (Å²) in [7, 11) is 3.89. The monoisotopic (exact) mass is 193 g/mol. The van der Waals surface area contributed by atoms with Crippen LogP contribution in [-0.4, -0.2) is 29.6 Å². The number of rotatable bonds is 4. The third kappa shape index (κ3) is 3.13. The lowest BCUT2D eigenvalue weighted by Crippen LogP contribution is -2.34. The van der Waals surface area contributed by atoms with Crippen LogP contribution in [0.1, 0.15) is 5.56 Å². The van der Waals surface area contributed by atoms with Crippen molar-refractivity contribution in [2.75, 3.05) is 14.1 Å². The van der Waals surface area contributed by atoms with Crippen molar-refractivity contribution in [2.45, 2.75) is 6.54 Å². The number of benzene rings is 1. The maximum absolute atomic E-state index is 4.78. The minimum absolute atomic E-state index is 0.775. The molecule has 0 saturated heterocycles. The number of nitrogens with zero attached hydrogens (tertiary/aromatic N) is 2. The number of hydrogen-bond acceptors (Lipinski definition) is 2. The Morgan fingerprint density at radius 1 is 1.23 bits per heavy atom. The quantitative estimate of drug-likeness (QED) is 0.409. The van der Waals surface area contributed by atoms with Gasteiger partial charge in [-0.05, 0) is 5.56 Å². The van der Waals surface area contributed by atoms with Gasteiger partial charge in [-0.2, -0.15) is 0 Å². The molecule has 0 aliphatic heterocycles. The molecule has 3 heteroatoms. The lowest BCUT2D eigenvalue weighted by atomic mass is 10.2. The Morgan fingerprint density at radius 3 is 2.31 bits per heavy atom. The van der Waals surface area contributed by atoms with Crippen LogP contribution in [0.3, 0.4) is 0 Å². The van der Waals surface area contributed by atoms with E-state index in [1.807, 2.05) is 42.3 Å². The summed E-state index contributed by atoms with van der Waals surface area (Å²) in [6.45, 7) is 0.775. The zero-order chi connectivity index (χ0) is 9.68. The molecule has 1 radical (unpaired) electrons. The second kappa shape index (κ2) is 4.94. The van der Waals surface area contributed by atoms with Crippen molar-refractivity contribution in [3.63, 3.8) is 0 Å². The van der Waals surface area contributed by atoms with Crippen molar-refractivity contribution >= 4 is 17.7 Å². The van der Waals surface area contributed by atoms with Crippen molar-refractivity contribution < 1.29 is 0 Å². The fourth-order valence-electron chi connectivity index (χ4n) is 1.01. The summed E-state index contributed by atoms with van der Waals surface area (Å²) in [5, 5.41) is 3.77. The highest BCUT2D eigenvalue weighted by Gasteiger charge is 2.02. The van der Waals surface area contributed by atoms with Crippen molar-refractivity contribution in [2.24, 2.45) is 0 Å². The van der Waals surface area contributed by atoms with Crippen LogP contribution in [0.4, 0.5) is 0 Å². The van der Waals surface area contributed by atoms with Gasteiger partial charge in [0, 0.05) is 14.1 Å². The summed E-state index contributed by atoms with van der Waals surface area (Å²) in [6, 6.07) is 10.2. The molecule has 0 amide bonds. The molecule has 0 aromatic heterocycles. The van der Waals surface area contributed by atoms with Gasteiger partial charge >= 0.3 is 0 Å². The van der Waals surface area contributed by atoms with E-state index >= 15 is 0 Å². The Hall–Kier alpha value is -0.930. The third-order valence-electron chi connectivity index (χ3n) is 1.76. The second-order valence-corrected chi connectivity index (χ2v) is 3.16. The normalized spacial score (nSPS) is 10.1. The number of hydrogen-bond donors (Lipinski definition) is 0. The predicted molar refractivity (Wildman–Crippen MR) is 58.3 cm³/mol. The first-order chi connectivity index (χ1) is 6.24. The van der Waals surface area contributed by atoms with Crippen LogP contribution in [0.5, 0.6) is 0 Å². The number of thiocarbonyl (C=S) groups is 1. The van der Waals surface area contributed by atoms with Crippen molar-refractivity contribution in [1.29, 1.82) is 0 Å². The number of hydrazine groups is 1. The van der Waals surface area contributed by atoms with Crippen LogP contribution < -0.4 is 0 Å². The molecule has 0 N–H and O–H groups in total. The molecular weight excluding hydrogens is 180 g/mol. The fraction of sp³-hybridized carbons (Fsp3) is 0.300. The highest BCUT2D eigenvalue weighted by atomic mass is 32.1. The molecular formula is C10H13N2S. The van der Waals surface area contributed by atoms with Crippen LogP contribution in [0, 0.1) is 0 Å². The molecule has 0 bridgehead atoms. The first-order valence-electron chi connectivity index (χ1n) is 4.10. The summed E-state index contributed by atoms with van der Waals surface area (Å²) < 4.78 is 0. The van der Waals surface area contributed by atoms with Crippen LogP contribution in [0.25, 0.3) is 0 Å². The average molecular weight is 193 g/mol. The van der Waals surface area contributed by atoms with Crippen LogP contribution in [0.2, 0.25) is 0 Å². The molecule has 1 rings (SSSR count). The minimum Gasteiger partial charge on any atom is -0.289 e. The van der Waals surface area contributed by atoms with E-state index in [1.54, 1.807) is 0 Å². The van der Waals surface area contributed by atoms with Gasteiger partial charge in [0.2, 0.25) is 0 Å². The van der Waals surface area contributed by atoms with Crippen molar-refractivity contribution in [1.82, 2.24) is 10.0 Å². The van der Waals surface area contributed by atoms with E-state index in [4.69, 9.17) is 12.2 Å². The Kier molecular flexibility index (Phi) is 3.86. The maximum Gasteiger partial charge on any atom is 0.152 e. The lowest BCUT2D eigenvalue weighted by Gasteiger charge is -2.25. The van der Waals surface area contributed by atoms with E-state index in [2.05, 4.69) is 17.6 Å². The van der Waals surface area contributed by atoms with Crippen LogP contribution >= 0.6 is 12.2 Å². The van der Waals surface area contributed by atoms with Gasteiger partial charge in [-0.25, -0.2) is 5.01 Å². The van der Waals surface area contributed by atoms with Gasteiger partial charge in [0.05, 0.1) is 6.54 Å². The summed E-state index contributed by atoms with van der Waals surface area (Å²) in [5.41, 5.74) is 3.92. The zero-order valence-electron chi connectivity index (χ0n) is 7.90. The highest BCUT2D eigenvalue weighted by molar-refractivity contribution is 7.78. The maximum atomic E-state index is 4.78. The topological polar surface area (TPSA) is 6.48 Å². The van der Waals surface area contributed by atoms with Crippen LogP contribution in [-0.2, 0) is 6.54 Å². The molecule has 0 saturated carbocycles. The molecule has 0 heterocycles. The largest absolute Gasteiger partial charge is 0.289 e. The Labute approximate surface area is 84.7 Å². The second-order valence-electron chi connectivity index (χ2n) is 2.98. The molecule has 0 aliphatic carbocycles. The van der Waals surface area contributed by atoms with E-state index in [9.17, 15) is 0 Å². The van der Waals surface area contributed by atoms with Gasteiger partial charge in [0.15, 0.2) is 5.49 Å². The molecule has 69 valence electrons. The predicted octanol–water partition coefficient (Wildman–Crippen LogP) is 1.80. The van der Waals surface area contributed by atoms with E-state index in [0.717, 1.165) is 6.54 Å². The fourth-order valence-corrected chi connectivity index (χ4v) is 1.24. The Bertz CT molecular complexity index is 259. The average Bonchev–Trinajstić information content (AvgIpc) is 2.15. The van der Waals surface area contributed by atoms with Crippen molar-refractivity contribution in [3.8, 4) is 0 Å². The molecule has 0 spiro atoms. The molecule has 0 fully saturated rings. The van der Waals surface area contributed by atoms with Crippen molar-refractivity contribution in [3.05, 3.63) is 35.9 Å². The van der Waals surface area contributed by atoms with Crippen LogP contribution in [0.15, 0.2) is 30.3 Å². The molecule has 2 nitrogen and oxygen atoms in total. The van der Waals surface area contributed by atoms with Gasteiger partial charge < -0.3 is 0 Å². The molecule has 13 heavy (non-hydrogen) atoms. The summed E-state index contributed by atoms with van der Waals surface area (Å²) in [6.07, 6.45) is 0. The molecule has 0 aliphatic rings. The van der Waals surface area contributed by atoms with E-state index in [1.165, 1.54) is 5.56 Å². The Morgan fingerprint density at radius 2 is 1.85 bits per heavy atom. The first-order valence-corrected chi connectivity index (χ1v) is 4.51. The summed E-state index contributed by atoms with van der Waals surface area (Å²) >= 11 is 4.78. The highest BCUT2D eigenvalue weighted by Crippen LogP contribution is 2.03. The summed E-state index contributed by atoms with van der Waals surface area (Å²) in [5.74, 6) is 0. The standard InChI is InChI=1S/C10H13N2S/c1-11(2)12(9-13)8-10-6-4-3-5-7-10/h3-7H,8H2,1-2H3. The van der Waals surface area contributed by atoms with Gasteiger partial charge in [-0.3, -0.25) is 5.01 Å². The molecule has 1 aromatic rings. The SMILES string of the molecule is CN(C)N([C]=S)Cc1ccccc1. The van der Waals surface area contributed by atoms with E-state index in [0.29, 0.717) is 0 Å². The third-order valence-corrected chi connectivity index (χ3v) is 1.97. The van der Waals surface area contributed by atoms with E-state index in [-0.39, 0.29) is 0 Å². The van der Waals surface area contributed by atoms with Gasteiger partial charge in [0.1, 0.15) is 0 Å². The lowest BCUT2D eigenvalue weighted by molar-refractivity contribution is 0.112. The first kappa shape index (κ1) is 10.2. The van der Waals surface area contributed by atoms with Gasteiger partial charge in [-0.1, -0.05) is 42.5 Å². The Balaban J connectivity index is 2.62. The molecule has 0 atom stereocenters. The smallest absolute Gasteiger partial charge is 0.152 e. The van der Waals surface area contributed by atoms with Gasteiger partial charge in [-0.15, -0.1) is 0 Å². The summed E-state index contributed by atoms with van der Waals surface area (Å²) in [4.78, 5) is 0. The molecule has 0 unspecified atom stereocenters. The van der Waals surface area contributed by atoms with Gasteiger partial charge in [0.25, 0.3) is 0 Å². The van der Waals surface area contributed by atoms with E-state index < -0.39 is 0 Å². The molecule has 1 aromatic carbocycles. The zero-order valence-corrected chi connectivity index (χ0v) is 8.71.